The van der Waals surface area contributed by atoms with Crippen LogP contribution in [0, 0.1) is 6.92 Å². The van der Waals surface area contributed by atoms with E-state index in [-0.39, 0.29) is 24.5 Å². The van der Waals surface area contributed by atoms with Gasteiger partial charge in [0, 0.05) is 25.7 Å². The first-order valence-electron chi connectivity index (χ1n) is 8.77. The zero-order valence-corrected chi connectivity index (χ0v) is 16.6. The van der Waals surface area contributed by atoms with Gasteiger partial charge >= 0.3 is 0 Å². The van der Waals surface area contributed by atoms with Gasteiger partial charge in [-0.1, -0.05) is 35.0 Å². The van der Waals surface area contributed by atoms with Crippen LogP contribution in [0.15, 0.2) is 34.9 Å². The maximum atomic E-state index is 12.9. The van der Waals surface area contributed by atoms with Crippen LogP contribution in [0.5, 0.6) is 0 Å². The third kappa shape index (κ3) is 3.36. The minimum atomic E-state index is -0.219. The summed E-state index contributed by atoms with van der Waals surface area (Å²) >= 11 is 6.37. The Kier molecular flexibility index (Phi) is 4.82. The van der Waals surface area contributed by atoms with Crippen LogP contribution in [0.4, 0.5) is 5.82 Å². The first-order valence-corrected chi connectivity index (χ1v) is 9.15. The summed E-state index contributed by atoms with van der Waals surface area (Å²) in [6, 6.07) is 9.83. The van der Waals surface area contributed by atoms with E-state index in [4.69, 9.17) is 20.9 Å². The molecule has 0 N–H and O–H groups in total. The van der Waals surface area contributed by atoms with E-state index in [1.165, 1.54) is 10.5 Å². The zero-order valence-electron chi connectivity index (χ0n) is 15.8. The fourth-order valence-corrected chi connectivity index (χ4v) is 3.28. The number of amides is 1. The van der Waals surface area contributed by atoms with E-state index in [0.717, 1.165) is 5.56 Å². The molecule has 1 amide bonds. The van der Waals surface area contributed by atoms with E-state index >= 15 is 0 Å². The number of hydrogen-bond acceptors (Lipinski definition) is 6. The normalized spacial score (nSPS) is 14.8. The lowest BCUT2D eigenvalue weighted by molar-refractivity contribution is 0.0312. The van der Waals surface area contributed by atoms with Crippen molar-refractivity contribution in [2.45, 2.75) is 13.5 Å². The maximum Gasteiger partial charge on any atom is 0.276 e. The molecule has 3 heterocycles. The molecule has 0 radical (unpaired) electrons. The third-order valence-corrected chi connectivity index (χ3v) is 4.89. The van der Waals surface area contributed by atoms with Crippen molar-refractivity contribution in [3.63, 3.8) is 0 Å². The van der Waals surface area contributed by atoms with Gasteiger partial charge in [0.15, 0.2) is 17.3 Å². The number of nitrogens with zero attached hydrogens (tertiary/aromatic N) is 5. The molecular weight excluding hydrogens is 382 g/mol. The van der Waals surface area contributed by atoms with Crippen molar-refractivity contribution < 1.29 is 14.1 Å². The zero-order chi connectivity index (χ0) is 19.8. The van der Waals surface area contributed by atoms with Crippen molar-refractivity contribution in [2.24, 2.45) is 0 Å². The summed E-state index contributed by atoms with van der Waals surface area (Å²) in [6.45, 7) is 2.79. The van der Waals surface area contributed by atoms with Gasteiger partial charge in [-0.25, -0.2) is 0 Å². The van der Waals surface area contributed by atoms with Crippen LogP contribution in [0.2, 0.25) is 5.28 Å². The van der Waals surface area contributed by atoms with Crippen molar-refractivity contribution in [3.8, 4) is 11.3 Å². The Labute approximate surface area is 167 Å². The largest absolute Gasteiger partial charge is 0.356 e. The Morgan fingerprint density at radius 1 is 1.14 bits per heavy atom. The van der Waals surface area contributed by atoms with E-state index in [0.29, 0.717) is 29.7 Å². The number of carbonyl (C=O) groups excluding carboxylic acids is 1. The molecule has 0 aliphatic carbocycles. The van der Waals surface area contributed by atoms with Crippen LogP contribution < -0.4 is 4.90 Å². The summed E-state index contributed by atoms with van der Waals surface area (Å²) in [5.41, 5.74) is 3.15. The van der Waals surface area contributed by atoms with Gasteiger partial charge in [-0.2, -0.15) is 4.98 Å². The molecule has 1 aliphatic heterocycles. The van der Waals surface area contributed by atoms with Gasteiger partial charge in [-0.15, -0.1) is 0 Å². The smallest absolute Gasteiger partial charge is 0.276 e. The van der Waals surface area contributed by atoms with Crippen molar-refractivity contribution >= 4 is 23.3 Å². The number of rotatable bonds is 3. The number of benzene rings is 1. The topological polar surface area (TPSA) is 76.6 Å². The fourth-order valence-electron chi connectivity index (χ4n) is 3.05. The highest BCUT2D eigenvalue weighted by Crippen LogP contribution is 2.28. The molecule has 0 fully saturated rings. The van der Waals surface area contributed by atoms with Gasteiger partial charge in [-0.3, -0.25) is 4.79 Å². The number of halogens is 1. The minimum absolute atomic E-state index is 0.187. The molecule has 1 aliphatic rings. The predicted molar refractivity (Wildman–Crippen MR) is 104 cm³/mol. The Hall–Kier alpha value is -2.84. The number of fused-ring (bicyclic) bond motifs is 1. The number of ether oxygens (including phenoxy) is 1. The SMILES string of the molecule is Cc1ccc(-c2cc(Cn3c(Cl)nc4c3C(=O)N(C)COCN4C)no2)cc1. The Morgan fingerprint density at radius 3 is 2.61 bits per heavy atom. The molecular formula is C19H20ClN5O3. The third-order valence-electron chi connectivity index (χ3n) is 4.60. The molecule has 0 bridgehead atoms. The molecule has 9 heteroatoms. The van der Waals surface area contributed by atoms with E-state index in [9.17, 15) is 4.79 Å². The molecule has 0 atom stereocenters. The fraction of sp³-hybridized carbons (Fsp3) is 0.316. The van der Waals surface area contributed by atoms with Crippen LogP contribution in [0.1, 0.15) is 21.7 Å². The Balaban J connectivity index is 1.68. The van der Waals surface area contributed by atoms with E-state index in [1.807, 2.05) is 37.3 Å². The molecule has 4 rings (SSSR count). The molecule has 0 spiro atoms. The summed E-state index contributed by atoms with van der Waals surface area (Å²) < 4.78 is 12.6. The second kappa shape index (κ2) is 7.29. The summed E-state index contributed by atoms with van der Waals surface area (Å²) in [5, 5.41) is 4.35. The quantitative estimate of drug-likeness (QED) is 0.671. The van der Waals surface area contributed by atoms with Crippen LogP contribution in [0.25, 0.3) is 11.3 Å². The number of hydrogen-bond donors (Lipinski definition) is 0. The van der Waals surface area contributed by atoms with Crippen LogP contribution in [0.3, 0.4) is 0 Å². The highest BCUT2D eigenvalue weighted by Gasteiger charge is 2.29. The molecule has 2 aromatic heterocycles. The summed E-state index contributed by atoms with van der Waals surface area (Å²) in [5.74, 6) is 0.912. The second-order valence-corrected chi connectivity index (χ2v) is 7.19. The van der Waals surface area contributed by atoms with Gasteiger partial charge in [0.25, 0.3) is 5.91 Å². The summed E-state index contributed by atoms with van der Waals surface area (Å²) in [4.78, 5) is 20.5. The second-order valence-electron chi connectivity index (χ2n) is 6.85. The molecule has 0 saturated carbocycles. The lowest BCUT2D eigenvalue weighted by Gasteiger charge is -2.26. The van der Waals surface area contributed by atoms with Crippen molar-refractivity contribution in [3.05, 3.63) is 52.6 Å². The average Bonchev–Trinajstić information content (AvgIpc) is 3.26. The van der Waals surface area contributed by atoms with Gasteiger partial charge < -0.3 is 23.6 Å². The average molecular weight is 402 g/mol. The lowest BCUT2D eigenvalue weighted by Crippen LogP contribution is -2.37. The molecule has 0 unspecified atom stereocenters. The van der Waals surface area contributed by atoms with Crippen molar-refractivity contribution in [1.82, 2.24) is 19.6 Å². The first kappa shape index (κ1) is 18.5. The number of anilines is 1. The van der Waals surface area contributed by atoms with Gasteiger partial charge in [0.05, 0.1) is 6.54 Å². The van der Waals surface area contributed by atoms with Gasteiger partial charge in [0.2, 0.25) is 5.28 Å². The van der Waals surface area contributed by atoms with Gasteiger partial charge in [0.1, 0.15) is 19.2 Å². The predicted octanol–water partition coefficient (Wildman–Crippen LogP) is 3.00. The number of carbonyl (C=O) groups is 1. The van der Waals surface area contributed by atoms with Crippen LogP contribution in [-0.4, -0.2) is 53.1 Å². The summed E-state index contributed by atoms with van der Waals surface area (Å²) in [6.07, 6.45) is 0. The highest BCUT2D eigenvalue weighted by atomic mass is 35.5. The monoisotopic (exact) mass is 401 g/mol. The molecule has 146 valence electrons. The van der Waals surface area contributed by atoms with E-state index in [2.05, 4.69) is 10.1 Å². The van der Waals surface area contributed by atoms with Crippen molar-refractivity contribution in [1.29, 1.82) is 0 Å². The molecule has 3 aromatic rings. The van der Waals surface area contributed by atoms with E-state index in [1.54, 1.807) is 23.6 Å². The van der Waals surface area contributed by atoms with Crippen LogP contribution >= 0.6 is 11.6 Å². The van der Waals surface area contributed by atoms with Gasteiger partial charge in [-0.05, 0) is 18.5 Å². The minimum Gasteiger partial charge on any atom is -0.356 e. The van der Waals surface area contributed by atoms with Crippen LogP contribution in [-0.2, 0) is 11.3 Å². The number of aryl methyl sites for hydroxylation is 1. The standard InChI is InChI=1S/C19H20ClN5O3/c1-12-4-6-13(7-5-12)15-8-14(22-28-15)9-25-16-17(21-19(25)20)23(2)10-27-11-24(3)18(16)26/h4-8H,9-11H2,1-3H3. The summed E-state index contributed by atoms with van der Waals surface area (Å²) in [7, 11) is 3.48. The Morgan fingerprint density at radius 2 is 1.86 bits per heavy atom. The Bertz CT molecular complexity index is 1010. The maximum absolute atomic E-state index is 12.9. The molecule has 8 nitrogen and oxygen atoms in total. The number of imidazole rings is 1. The molecule has 28 heavy (non-hydrogen) atoms. The molecule has 1 aromatic carbocycles. The number of aromatic nitrogens is 3. The lowest BCUT2D eigenvalue weighted by atomic mass is 10.1. The highest BCUT2D eigenvalue weighted by molar-refractivity contribution is 6.29. The first-order chi connectivity index (χ1) is 13.4. The van der Waals surface area contributed by atoms with E-state index < -0.39 is 0 Å². The molecule has 0 saturated heterocycles. The van der Waals surface area contributed by atoms with Crippen molar-refractivity contribution in [2.75, 3.05) is 32.5 Å².